The summed E-state index contributed by atoms with van der Waals surface area (Å²) >= 11 is 0. The van der Waals surface area contributed by atoms with Gasteiger partial charge in [-0.1, -0.05) is 21.6 Å². The summed E-state index contributed by atoms with van der Waals surface area (Å²) in [7, 11) is 3.87. The van der Waals surface area contributed by atoms with Gasteiger partial charge in [0.05, 0.1) is 33.0 Å². The van der Waals surface area contributed by atoms with Crippen LogP contribution in [0.15, 0.2) is 0 Å². The zero-order chi connectivity index (χ0) is 15.4. The van der Waals surface area contributed by atoms with Gasteiger partial charge in [-0.2, -0.15) is 0 Å². The highest BCUT2D eigenvalue weighted by Gasteiger charge is 1.94. The van der Waals surface area contributed by atoms with Gasteiger partial charge >= 0.3 is 0 Å². The maximum Gasteiger partial charge on any atom is 0.0701 e. The van der Waals surface area contributed by atoms with Crippen molar-refractivity contribution in [2.45, 2.75) is 25.7 Å². The Hall–Kier alpha value is 0.500. The summed E-state index contributed by atoms with van der Waals surface area (Å²) in [6.45, 7) is 4.66. The van der Waals surface area contributed by atoms with E-state index in [9.17, 15) is 0 Å². The lowest BCUT2D eigenvalue weighted by atomic mass is 10.4. The highest BCUT2D eigenvalue weighted by Crippen LogP contribution is 2.23. The summed E-state index contributed by atoms with van der Waals surface area (Å²) in [5, 5.41) is 8.54. The average molecular weight is 342 g/mol. The minimum atomic E-state index is 0.120. The number of ether oxygens (including phenoxy) is 3. The molecule has 0 bridgehead atoms. The molecular weight excluding hydrogens is 310 g/mol. The third-order valence-electron chi connectivity index (χ3n) is 2.49. The molecule has 0 heterocycles. The molecule has 0 atom stereocenters. The highest BCUT2D eigenvalue weighted by molar-refractivity contribution is 8.76. The van der Waals surface area contributed by atoms with Crippen LogP contribution in [0.4, 0.5) is 0 Å². The molecule has 0 unspecified atom stereocenters. The molecule has 21 heavy (non-hydrogen) atoms. The van der Waals surface area contributed by atoms with Crippen LogP contribution >= 0.6 is 21.6 Å². The first-order valence-electron chi connectivity index (χ1n) is 7.70. The molecule has 0 amide bonds. The van der Waals surface area contributed by atoms with Crippen LogP contribution in [0.1, 0.15) is 25.7 Å². The second-order valence-electron chi connectivity index (χ2n) is 4.41. The van der Waals surface area contributed by atoms with Crippen molar-refractivity contribution >= 4 is 21.6 Å². The second-order valence-corrected chi connectivity index (χ2v) is 7.11. The normalized spacial score (nSPS) is 11.1. The third kappa shape index (κ3) is 20.5. The summed E-state index contributed by atoms with van der Waals surface area (Å²) in [6, 6.07) is 0. The van der Waals surface area contributed by atoms with Crippen molar-refractivity contribution in [2.24, 2.45) is 5.73 Å². The van der Waals surface area contributed by atoms with Gasteiger partial charge in [-0.15, -0.1) is 0 Å². The van der Waals surface area contributed by atoms with Crippen molar-refractivity contribution in [3.8, 4) is 0 Å². The SMILES string of the molecule is NCCOCCOCCCCSSCCCCOCCO. The maximum absolute atomic E-state index is 8.54. The number of unbranched alkanes of at least 4 members (excludes halogenated alkanes) is 2. The Labute approximate surface area is 137 Å². The lowest BCUT2D eigenvalue weighted by molar-refractivity contribution is 0.0497. The predicted molar refractivity (Wildman–Crippen MR) is 92.0 cm³/mol. The Morgan fingerprint density at radius 1 is 0.667 bits per heavy atom. The maximum atomic E-state index is 8.54. The fourth-order valence-electron chi connectivity index (χ4n) is 1.42. The first kappa shape index (κ1) is 21.5. The fourth-order valence-corrected chi connectivity index (χ4v) is 3.71. The van der Waals surface area contributed by atoms with Crippen LogP contribution < -0.4 is 5.73 Å². The summed E-state index contributed by atoms with van der Waals surface area (Å²) in [6.07, 6.45) is 4.56. The Morgan fingerprint density at radius 2 is 1.19 bits per heavy atom. The van der Waals surface area contributed by atoms with E-state index in [0.29, 0.717) is 33.0 Å². The van der Waals surface area contributed by atoms with E-state index in [1.54, 1.807) is 0 Å². The molecule has 0 aliphatic heterocycles. The van der Waals surface area contributed by atoms with Crippen LogP contribution in [0.2, 0.25) is 0 Å². The zero-order valence-electron chi connectivity index (χ0n) is 13.0. The van der Waals surface area contributed by atoms with Crippen LogP contribution in [0, 0.1) is 0 Å². The number of aliphatic hydroxyl groups is 1. The zero-order valence-corrected chi connectivity index (χ0v) is 14.6. The van der Waals surface area contributed by atoms with Crippen molar-refractivity contribution < 1.29 is 19.3 Å². The van der Waals surface area contributed by atoms with Crippen LogP contribution in [-0.4, -0.2) is 69.4 Å². The molecule has 0 radical (unpaired) electrons. The Balaban J connectivity index is 2.90. The van der Waals surface area contributed by atoms with Gasteiger partial charge in [-0.3, -0.25) is 0 Å². The summed E-state index contributed by atoms with van der Waals surface area (Å²) in [5.74, 6) is 2.35. The number of hydrogen-bond acceptors (Lipinski definition) is 7. The first-order valence-corrected chi connectivity index (χ1v) is 10.2. The van der Waals surface area contributed by atoms with Gasteiger partial charge < -0.3 is 25.1 Å². The minimum Gasteiger partial charge on any atom is -0.394 e. The molecule has 0 aliphatic carbocycles. The molecule has 128 valence electrons. The molecule has 7 heteroatoms. The molecule has 0 rings (SSSR count). The molecule has 0 saturated carbocycles. The molecule has 0 fully saturated rings. The van der Waals surface area contributed by atoms with Gasteiger partial charge in [0.15, 0.2) is 0 Å². The van der Waals surface area contributed by atoms with Crippen LogP contribution in [0.25, 0.3) is 0 Å². The van der Waals surface area contributed by atoms with E-state index in [0.717, 1.165) is 26.1 Å². The average Bonchev–Trinajstić information content (AvgIpc) is 2.50. The van der Waals surface area contributed by atoms with Gasteiger partial charge in [-0.05, 0) is 25.7 Å². The highest BCUT2D eigenvalue weighted by atomic mass is 33.1. The molecule has 0 aromatic rings. The molecular formula is C14H31NO4S2. The Morgan fingerprint density at radius 3 is 1.71 bits per heavy atom. The standard InChI is InChI=1S/C14H31NO4S2/c15-5-9-19-12-11-18-8-2-4-14-21-20-13-3-1-7-17-10-6-16/h16H,1-15H2. The van der Waals surface area contributed by atoms with Crippen molar-refractivity contribution in [1.82, 2.24) is 0 Å². The summed E-state index contributed by atoms with van der Waals surface area (Å²) in [5.41, 5.74) is 5.31. The van der Waals surface area contributed by atoms with Crippen molar-refractivity contribution in [1.29, 1.82) is 0 Å². The number of aliphatic hydroxyl groups excluding tert-OH is 1. The summed E-state index contributed by atoms with van der Waals surface area (Å²) < 4.78 is 15.9. The van der Waals surface area contributed by atoms with Crippen LogP contribution in [0.5, 0.6) is 0 Å². The molecule has 3 N–H and O–H groups in total. The number of hydrogen-bond donors (Lipinski definition) is 2. The molecule has 0 aromatic carbocycles. The van der Waals surface area contributed by atoms with Crippen molar-refractivity contribution in [2.75, 3.05) is 64.3 Å². The van der Waals surface area contributed by atoms with Gasteiger partial charge in [-0.25, -0.2) is 0 Å². The smallest absolute Gasteiger partial charge is 0.0701 e. The van der Waals surface area contributed by atoms with E-state index in [2.05, 4.69) is 0 Å². The van der Waals surface area contributed by atoms with E-state index < -0.39 is 0 Å². The van der Waals surface area contributed by atoms with Gasteiger partial charge in [0, 0.05) is 31.3 Å². The lowest BCUT2D eigenvalue weighted by Crippen LogP contribution is -2.12. The fraction of sp³-hybridized carbons (Fsp3) is 1.00. The third-order valence-corrected chi connectivity index (χ3v) is 5.06. The lowest BCUT2D eigenvalue weighted by Gasteiger charge is -2.05. The Kier molecular flexibility index (Phi) is 21.0. The second kappa shape index (κ2) is 20.5. The number of nitrogens with two attached hydrogens (primary N) is 1. The van der Waals surface area contributed by atoms with Crippen molar-refractivity contribution in [3.05, 3.63) is 0 Å². The van der Waals surface area contributed by atoms with E-state index in [1.165, 1.54) is 24.3 Å². The summed E-state index contributed by atoms with van der Waals surface area (Å²) in [4.78, 5) is 0. The monoisotopic (exact) mass is 341 g/mol. The molecule has 0 spiro atoms. The molecule has 0 saturated heterocycles. The molecule has 5 nitrogen and oxygen atoms in total. The van der Waals surface area contributed by atoms with Crippen LogP contribution in [0.3, 0.4) is 0 Å². The molecule has 0 aliphatic rings. The van der Waals surface area contributed by atoms with E-state index >= 15 is 0 Å². The van der Waals surface area contributed by atoms with Gasteiger partial charge in [0.1, 0.15) is 0 Å². The predicted octanol–water partition coefficient (Wildman–Crippen LogP) is 1.93. The Bertz CT molecular complexity index is 172. The van der Waals surface area contributed by atoms with E-state index in [4.69, 9.17) is 25.1 Å². The van der Waals surface area contributed by atoms with Gasteiger partial charge in [0.25, 0.3) is 0 Å². The quantitative estimate of drug-likeness (QED) is 0.291. The first-order chi connectivity index (χ1) is 10.4. The van der Waals surface area contributed by atoms with Crippen LogP contribution in [-0.2, 0) is 14.2 Å². The molecule has 0 aromatic heterocycles. The largest absolute Gasteiger partial charge is 0.394 e. The van der Waals surface area contributed by atoms with Gasteiger partial charge in [0.2, 0.25) is 0 Å². The van der Waals surface area contributed by atoms with Crippen molar-refractivity contribution in [3.63, 3.8) is 0 Å². The number of rotatable bonds is 18. The topological polar surface area (TPSA) is 73.9 Å². The van der Waals surface area contributed by atoms with E-state index in [-0.39, 0.29) is 6.61 Å². The van der Waals surface area contributed by atoms with E-state index in [1.807, 2.05) is 21.6 Å². The minimum absolute atomic E-state index is 0.120.